The Hall–Kier alpha value is -1.95. The molecule has 106 valence electrons. The van der Waals surface area contributed by atoms with Gasteiger partial charge in [-0.05, 0) is 33.2 Å². The van der Waals surface area contributed by atoms with Crippen LogP contribution in [0.25, 0.3) is 5.65 Å². The van der Waals surface area contributed by atoms with Crippen molar-refractivity contribution in [2.45, 2.75) is 32.7 Å². The number of hydrogen-bond donors (Lipinski definition) is 2. The number of amides is 1. The second-order valence-corrected chi connectivity index (χ2v) is 5.33. The van der Waals surface area contributed by atoms with Gasteiger partial charge in [-0.2, -0.15) is 5.10 Å². The molecule has 1 saturated heterocycles. The normalized spacial score (nSPS) is 19.2. The summed E-state index contributed by atoms with van der Waals surface area (Å²) in [6, 6.07) is 2.10. The van der Waals surface area contributed by atoms with Gasteiger partial charge in [0.25, 0.3) is 5.91 Å². The van der Waals surface area contributed by atoms with E-state index in [-0.39, 0.29) is 11.9 Å². The van der Waals surface area contributed by atoms with Gasteiger partial charge >= 0.3 is 0 Å². The van der Waals surface area contributed by atoms with Crippen molar-refractivity contribution in [3.05, 3.63) is 29.2 Å². The molecule has 0 unspecified atom stereocenters. The Balaban J connectivity index is 1.85. The molecule has 2 aromatic rings. The van der Waals surface area contributed by atoms with Gasteiger partial charge in [0.2, 0.25) is 0 Å². The van der Waals surface area contributed by atoms with E-state index in [9.17, 15) is 4.79 Å². The minimum atomic E-state index is -0.0706. The third-order valence-corrected chi connectivity index (χ3v) is 3.72. The van der Waals surface area contributed by atoms with E-state index in [1.165, 1.54) is 0 Å². The molecule has 0 bridgehead atoms. The number of rotatable bonds is 2. The first kappa shape index (κ1) is 13.1. The molecule has 0 radical (unpaired) electrons. The fourth-order valence-corrected chi connectivity index (χ4v) is 2.62. The number of carbonyl (C=O) groups is 1. The summed E-state index contributed by atoms with van der Waals surface area (Å²) in [5, 5.41) is 10.7. The maximum Gasteiger partial charge on any atom is 0.254 e. The molecule has 3 rings (SSSR count). The summed E-state index contributed by atoms with van der Waals surface area (Å²) >= 11 is 0. The Bertz CT molecular complexity index is 642. The van der Waals surface area contributed by atoms with Crippen molar-refractivity contribution in [3.8, 4) is 0 Å². The monoisotopic (exact) mass is 273 g/mol. The molecular formula is C14H19N5O. The van der Waals surface area contributed by atoms with Gasteiger partial charge in [-0.25, -0.2) is 9.50 Å². The van der Waals surface area contributed by atoms with Crippen molar-refractivity contribution in [2.24, 2.45) is 0 Å². The van der Waals surface area contributed by atoms with Gasteiger partial charge in [0.1, 0.15) is 0 Å². The standard InChI is InChI=1S/C14H19N5O/c1-9-6-13-16-8-12(10(2)19(13)18-9)14(20)17-11-4-3-5-15-7-11/h6,8,11,15H,3-5,7H2,1-2H3,(H,17,20)/t11-/m0/s1. The van der Waals surface area contributed by atoms with E-state index in [1.807, 2.05) is 19.9 Å². The first-order valence-corrected chi connectivity index (χ1v) is 6.99. The Kier molecular flexibility index (Phi) is 3.40. The molecule has 0 spiro atoms. The third kappa shape index (κ3) is 2.38. The maximum atomic E-state index is 12.4. The summed E-state index contributed by atoms with van der Waals surface area (Å²) in [7, 11) is 0. The number of hydrogen-bond acceptors (Lipinski definition) is 4. The highest BCUT2D eigenvalue weighted by Crippen LogP contribution is 2.12. The van der Waals surface area contributed by atoms with Crippen molar-refractivity contribution < 1.29 is 4.79 Å². The number of aryl methyl sites for hydroxylation is 2. The topological polar surface area (TPSA) is 71.3 Å². The van der Waals surface area contributed by atoms with Crippen LogP contribution >= 0.6 is 0 Å². The molecule has 1 aliphatic heterocycles. The van der Waals surface area contributed by atoms with Gasteiger partial charge in [-0.1, -0.05) is 0 Å². The second-order valence-electron chi connectivity index (χ2n) is 5.33. The minimum absolute atomic E-state index is 0.0706. The summed E-state index contributed by atoms with van der Waals surface area (Å²) in [5.41, 5.74) is 3.08. The summed E-state index contributed by atoms with van der Waals surface area (Å²) < 4.78 is 1.73. The molecular weight excluding hydrogens is 254 g/mol. The van der Waals surface area contributed by atoms with Gasteiger partial charge in [0.15, 0.2) is 5.65 Å². The van der Waals surface area contributed by atoms with Crippen molar-refractivity contribution in [1.82, 2.24) is 25.2 Å². The minimum Gasteiger partial charge on any atom is -0.348 e. The van der Waals surface area contributed by atoms with Gasteiger partial charge in [0.05, 0.1) is 17.0 Å². The molecule has 0 aromatic carbocycles. The molecule has 1 atom stereocenters. The van der Waals surface area contributed by atoms with Gasteiger partial charge < -0.3 is 10.6 Å². The zero-order valence-electron chi connectivity index (χ0n) is 11.8. The zero-order valence-corrected chi connectivity index (χ0v) is 11.8. The Morgan fingerprint density at radius 1 is 1.50 bits per heavy atom. The van der Waals surface area contributed by atoms with Gasteiger partial charge in [-0.15, -0.1) is 0 Å². The van der Waals surface area contributed by atoms with Gasteiger partial charge in [-0.3, -0.25) is 4.79 Å². The van der Waals surface area contributed by atoms with E-state index in [4.69, 9.17) is 0 Å². The predicted molar refractivity (Wildman–Crippen MR) is 75.8 cm³/mol. The Morgan fingerprint density at radius 2 is 2.35 bits per heavy atom. The van der Waals surface area contributed by atoms with Crippen LogP contribution in [0, 0.1) is 13.8 Å². The van der Waals surface area contributed by atoms with Crippen LogP contribution in [-0.2, 0) is 0 Å². The highest BCUT2D eigenvalue weighted by atomic mass is 16.1. The van der Waals surface area contributed by atoms with Gasteiger partial charge in [0, 0.05) is 24.8 Å². The molecule has 2 N–H and O–H groups in total. The summed E-state index contributed by atoms with van der Waals surface area (Å²) in [4.78, 5) is 16.7. The van der Waals surface area contributed by atoms with E-state index in [0.29, 0.717) is 5.56 Å². The fourth-order valence-electron chi connectivity index (χ4n) is 2.62. The number of fused-ring (bicyclic) bond motifs is 1. The van der Waals surface area contributed by atoms with Crippen LogP contribution < -0.4 is 10.6 Å². The number of nitrogens with zero attached hydrogens (tertiary/aromatic N) is 3. The van der Waals surface area contributed by atoms with Crippen LogP contribution in [0.2, 0.25) is 0 Å². The number of nitrogens with one attached hydrogen (secondary N) is 2. The summed E-state index contributed by atoms with van der Waals surface area (Å²) in [6.07, 6.45) is 3.76. The predicted octanol–water partition coefficient (Wildman–Crippen LogP) is 0.828. The van der Waals surface area contributed by atoms with E-state index >= 15 is 0 Å². The second kappa shape index (κ2) is 5.20. The van der Waals surface area contributed by atoms with Crippen molar-refractivity contribution >= 4 is 11.6 Å². The lowest BCUT2D eigenvalue weighted by Crippen LogP contribution is -2.45. The molecule has 0 aliphatic carbocycles. The van der Waals surface area contributed by atoms with Crippen molar-refractivity contribution in [3.63, 3.8) is 0 Å². The molecule has 2 aromatic heterocycles. The summed E-state index contributed by atoms with van der Waals surface area (Å²) in [6.45, 7) is 5.68. The quantitative estimate of drug-likeness (QED) is 0.850. The smallest absolute Gasteiger partial charge is 0.254 e. The van der Waals surface area contributed by atoms with Crippen LogP contribution in [0.3, 0.4) is 0 Å². The lowest BCUT2D eigenvalue weighted by Gasteiger charge is -2.24. The molecule has 1 amide bonds. The van der Waals surface area contributed by atoms with Crippen LogP contribution in [0.15, 0.2) is 12.3 Å². The molecule has 3 heterocycles. The SMILES string of the molecule is Cc1cc2ncc(C(=O)N[C@H]3CCCNC3)c(C)n2n1. The van der Waals surface area contributed by atoms with E-state index in [1.54, 1.807) is 10.7 Å². The molecule has 1 fully saturated rings. The number of carbonyl (C=O) groups excluding carboxylic acids is 1. The Morgan fingerprint density at radius 3 is 3.10 bits per heavy atom. The first-order chi connectivity index (χ1) is 9.65. The Labute approximate surface area is 117 Å². The average molecular weight is 273 g/mol. The van der Waals surface area contributed by atoms with Crippen LogP contribution in [0.4, 0.5) is 0 Å². The maximum absolute atomic E-state index is 12.4. The fraction of sp³-hybridized carbons (Fsp3) is 0.500. The molecule has 20 heavy (non-hydrogen) atoms. The highest BCUT2D eigenvalue weighted by molar-refractivity contribution is 5.95. The van der Waals surface area contributed by atoms with Crippen LogP contribution in [0.5, 0.6) is 0 Å². The number of aromatic nitrogens is 3. The molecule has 6 heteroatoms. The van der Waals surface area contributed by atoms with E-state index < -0.39 is 0 Å². The van der Waals surface area contributed by atoms with Crippen LogP contribution in [-0.4, -0.2) is 39.6 Å². The average Bonchev–Trinajstić information content (AvgIpc) is 2.82. The first-order valence-electron chi connectivity index (χ1n) is 6.99. The lowest BCUT2D eigenvalue weighted by molar-refractivity contribution is 0.0929. The third-order valence-electron chi connectivity index (χ3n) is 3.72. The van der Waals surface area contributed by atoms with Crippen LogP contribution in [0.1, 0.15) is 34.6 Å². The van der Waals surface area contributed by atoms with Crippen molar-refractivity contribution in [1.29, 1.82) is 0 Å². The largest absolute Gasteiger partial charge is 0.348 e. The van der Waals surface area contributed by atoms with E-state index in [0.717, 1.165) is 43.0 Å². The summed E-state index contributed by atoms with van der Waals surface area (Å²) in [5.74, 6) is -0.0706. The highest BCUT2D eigenvalue weighted by Gasteiger charge is 2.19. The van der Waals surface area contributed by atoms with Crippen molar-refractivity contribution in [2.75, 3.05) is 13.1 Å². The lowest BCUT2D eigenvalue weighted by atomic mass is 10.1. The number of piperidine rings is 1. The van der Waals surface area contributed by atoms with E-state index in [2.05, 4.69) is 20.7 Å². The molecule has 0 saturated carbocycles. The molecule has 1 aliphatic rings. The zero-order chi connectivity index (χ0) is 14.1. The molecule has 6 nitrogen and oxygen atoms in total.